The minimum atomic E-state index is -0.724. The highest BCUT2D eigenvalue weighted by Gasteiger charge is 2.19. The predicted molar refractivity (Wildman–Crippen MR) is 68.3 cm³/mol. The maximum Gasteiger partial charge on any atom is 0.295 e. The summed E-state index contributed by atoms with van der Waals surface area (Å²) in [6.45, 7) is 1.18. The van der Waals surface area contributed by atoms with Gasteiger partial charge in [-0.15, -0.1) is 10.2 Å². The molecule has 0 saturated carbocycles. The Morgan fingerprint density at radius 2 is 1.86 bits per heavy atom. The van der Waals surface area contributed by atoms with E-state index in [-0.39, 0.29) is 23.6 Å². The first-order valence-corrected chi connectivity index (χ1v) is 6.03. The van der Waals surface area contributed by atoms with E-state index in [1.54, 1.807) is 0 Å². The van der Waals surface area contributed by atoms with E-state index in [1.165, 1.54) is 24.6 Å². The molecule has 1 aromatic heterocycles. The van der Waals surface area contributed by atoms with Crippen LogP contribution in [0.1, 0.15) is 28.9 Å². The molecule has 1 aromatic carbocycles. The van der Waals surface area contributed by atoms with Crippen LogP contribution in [0.4, 0.5) is 8.78 Å². The maximum atomic E-state index is 13.6. The number of carbonyl (C=O) groups is 2. The lowest BCUT2D eigenvalue weighted by Gasteiger charge is -2.05. The molecule has 2 aromatic rings. The normalized spacial score (nSPS) is 10.5. The third kappa shape index (κ3) is 3.10. The topological polar surface area (TPSA) is 76.9 Å². The quantitative estimate of drug-likeness (QED) is 0.914. The third-order valence-electron chi connectivity index (χ3n) is 2.85. The molecular formula is C13H12F2N4O2. The predicted octanol–water partition coefficient (Wildman–Crippen LogP) is 0.960. The SMILES string of the molecule is CC(=O)NC(=O)c1nnc(Cc2c(F)cccc2F)n1C. The molecule has 0 fully saturated rings. The van der Waals surface area contributed by atoms with Crippen LogP contribution in [0.25, 0.3) is 0 Å². The Morgan fingerprint density at radius 1 is 1.24 bits per heavy atom. The highest BCUT2D eigenvalue weighted by atomic mass is 19.1. The Labute approximate surface area is 118 Å². The number of hydrogen-bond donors (Lipinski definition) is 1. The van der Waals surface area contributed by atoms with E-state index >= 15 is 0 Å². The van der Waals surface area contributed by atoms with Crippen LogP contribution in [-0.4, -0.2) is 26.6 Å². The largest absolute Gasteiger partial charge is 0.310 e. The average Bonchev–Trinajstić information content (AvgIpc) is 2.75. The lowest BCUT2D eigenvalue weighted by atomic mass is 10.1. The highest BCUT2D eigenvalue weighted by Crippen LogP contribution is 2.16. The number of amides is 2. The second kappa shape index (κ2) is 5.78. The molecule has 0 unspecified atom stereocenters. The van der Waals surface area contributed by atoms with Gasteiger partial charge in [0.05, 0.1) is 0 Å². The van der Waals surface area contributed by atoms with Gasteiger partial charge in [-0.25, -0.2) is 8.78 Å². The van der Waals surface area contributed by atoms with Gasteiger partial charge in [0, 0.05) is 26.0 Å². The van der Waals surface area contributed by atoms with Crippen LogP contribution < -0.4 is 5.32 Å². The Bertz CT molecular complexity index is 692. The van der Waals surface area contributed by atoms with Gasteiger partial charge in [-0.1, -0.05) is 6.07 Å². The molecule has 2 rings (SSSR count). The van der Waals surface area contributed by atoms with Crippen LogP contribution in [0.3, 0.4) is 0 Å². The summed E-state index contributed by atoms with van der Waals surface area (Å²) >= 11 is 0. The van der Waals surface area contributed by atoms with Crippen molar-refractivity contribution in [2.24, 2.45) is 7.05 Å². The Morgan fingerprint density at radius 3 is 2.43 bits per heavy atom. The number of halogens is 2. The minimum absolute atomic E-state index is 0.114. The Balaban J connectivity index is 2.29. The van der Waals surface area contributed by atoms with Crippen molar-refractivity contribution >= 4 is 11.8 Å². The first-order chi connectivity index (χ1) is 9.90. The van der Waals surface area contributed by atoms with Crippen LogP contribution in [0, 0.1) is 11.6 Å². The molecular weight excluding hydrogens is 282 g/mol. The number of nitrogens with zero attached hydrogens (tertiary/aromatic N) is 3. The van der Waals surface area contributed by atoms with Crippen molar-refractivity contribution < 1.29 is 18.4 Å². The van der Waals surface area contributed by atoms with Crippen molar-refractivity contribution in [3.8, 4) is 0 Å². The number of imide groups is 1. The van der Waals surface area contributed by atoms with Crippen molar-refractivity contribution in [3.63, 3.8) is 0 Å². The molecule has 1 heterocycles. The highest BCUT2D eigenvalue weighted by molar-refractivity contribution is 6.01. The van der Waals surface area contributed by atoms with E-state index in [0.29, 0.717) is 0 Å². The maximum absolute atomic E-state index is 13.6. The number of hydrogen-bond acceptors (Lipinski definition) is 4. The first-order valence-electron chi connectivity index (χ1n) is 6.03. The average molecular weight is 294 g/mol. The van der Waals surface area contributed by atoms with Crippen molar-refractivity contribution in [2.75, 3.05) is 0 Å². The Hall–Kier alpha value is -2.64. The van der Waals surface area contributed by atoms with E-state index in [1.807, 2.05) is 0 Å². The van der Waals surface area contributed by atoms with Crippen molar-refractivity contribution in [1.82, 2.24) is 20.1 Å². The number of aromatic nitrogens is 3. The van der Waals surface area contributed by atoms with Gasteiger partial charge in [-0.3, -0.25) is 14.9 Å². The molecule has 0 aliphatic carbocycles. The second-order valence-electron chi connectivity index (χ2n) is 4.39. The zero-order valence-corrected chi connectivity index (χ0v) is 11.4. The molecule has 0 aliphatic heterocycles. The van der Waals surface area contributed by atoms with E-state index in [2.05, 4.69) is 15.5 Å². The summed E-state index contributed by atoms with van der Waals surface area (Å²) in [5.41, 5.74) is -0.161. The molecule has 0 saturated heterocycles. The summed E-state index contributed by atoms with van der Waals surface area (Å²) in [6, 6.07) is 3.53. The van der Waals surface area contributed by atoms with Gasteiger partial charge in [-0.2, -0.15) is 0 Å². The van der Waals surface area contributed by atoms with Gasteiger partial charge >= 0.3 is 0 Å². The van der Waals surface area contributed by atoms with E-state index in [0.717, 1.165) is 12.1 Å². The molecule has 1 N–H and O–H groups in total. The summed E-state index contributed by atoms with van der Waals surface area (Å²) in [6.07, 6.45) is -0.157. The molecule has 8 heteroatoms. The standard InChI is InChI=1S/C13H12F2N4O2/c1-7(20)16-13(21)12-18-17-11(19(12)2)6-8-9(14)4-3-5-10(8)15/h3-5H,6H2,1-2H3,(H,16,20,21). The molecule has 110 valence electrons. The van der Waals surface area contributed by atoms with E-state index in [4.69, 9.17) is 0 Å². The summed E-state index contributed by atoms with van der Waals surface area (Å²) in [5.74, 6) is -2.58. The van der Waals surface area contributed by atoms with Crippen LogP contribution in [0.2, 0.25) is 0 Å². The molecule has 0 atom stereocenters. The Kier molecular flexibility index (Phi) is 4.06. The number of benzene rings is 1. The molecule has 21 heavy (non-hydrogen) atoms. The summed E-state index contributed by atoms with van der Waals surface area (Å²) in [7, 11) is 1.48. The molecule has 0 spiro atoms. The molecule has 0 aliphatic rings. The fraction of sp³-hybridized carbons (Fsp3) is 0.231. The lowest BCUT2D eigenvalue weighted by Crippen LogP contribution is -2.30. The van der Waals surface area contributed by atoms with Crippen LogP contribution in [0.15, 0.2) is 18.2 Å². The van der Waals surface area contributed by atoms with Crippen molar-refractivity contribution in [1.29, 1.82) is 0 Å². The second-order valence-corrected chi connectivity index (χ2v) is 4.39. The van der Waals surface area contributed by atoms with E-state index in [9.17, 15) is 18.4 Å². The fourth-order valence-electron chi connectivity index (χ4n) is 1.79. The van der Waals surface area contributed by atoms with Gasteiger partial charge in [-0.05, 0) is 12.1 Å². The van der Waals surface area contributed by atoms with Gasteiger partial charge in [0.2, 0.25) is 11.7 Å². The van der Waals surface area contributed by atoms with Gasteiger partial charge in [0.1, 0.15) is 17.5 Å². The fourth-order valence-corrected chi connectivity index (χ4v) is 1.79. The monoisotopic (exact) mass is 294 g/mol. The van der Waals surface area contributed by atoms with Crippen LogP contribution in [0.5, 0.6) is 0 Å². The third-order valence-corrected chi connectivity index (χ3v) is 2.85. The van der Waals surface area contributed by atoms with Crippen molar-refractivity contribution in [3.05, 3.63) is 47.0 Å². The number of nitrogens with one attached hydrogen (secondary N) is 1. The number of rotatable bonds is 3. The summed E-state index contributed by atoms with van der Waals surface area (Å²) in [4.78, 5) is 22.5. The summed E-state index contributed by atoms with van der Waals surface area (Å²) < 4.78 is 28.4. The summed E-state index contributed by atoms with van der Waals surface area (Å²) in [5, 5.41) is 9.41. The smallest absolute Gasteiger partial charge is 0.295 e. The molecule has 0 bridgehead atoms. The zero-order valence-electron chi connectivity index (χ0n) is 11.4. The first kappa shape index (κ1) is 14.8. The number of carbonyl (C=O) groups excluding carboxylic acids is 2. The van der Waals surface area contributed by atoms with Crippen LogP contribution in [-0.2, 0) is 18.3 Å². The van der Waals surface area contributed by atoms with Gasteiger partial charge in [0.15, 0.2) is 0 Å². The minimum Gasteiger partial charge on any atom is -0.310 e. The zero-order chi connectivity index (χ0) is 15.6. The molecule has 6 nitrogen and oxygen atoms in total. The van der Waals surface area contributed by atoms with Crippen molar-refractivity contribution in [2.45, 2.75) is 13.3 Å². The molecule has 2 amide bonds. The van der Waals surface area contributed by atoms with Crippen LogP contribution >= 0.6 is 0 Å². The lowest BCUT2D eigenvalue weighted by molar-refractivity contribution is -0.118. The molecule has 0 radical (unpaired) electrons. The van der Waals surface area contributed by atoms with Gasteiger partial charge < -0.3 is 4.57 Å². The van der Waals surface area contributed by atoms with Gasteiger partial charge in [0.25, 0.3) is 5.91 Å². The van der Waals surface area contributed by atoms with E-state index < -0.39 is 23.4 Å².